The predicted molar refractivity (Wildman–Crippen MR) is 89.3 cm³/mol. The normalized spacial score (nSPS) is 25.5. The molecule has 0 radical (unpaired) electrons. The van der Waals surface area contributed by atoms with E-state index in [0.717, 1.165) is 24.1 Å². The van der Waals surface area contributed by atoms with Gasteiger partial charge in [-0.2, -0.15) is 15.0 Å². The molecule has 2 aromatic rings. The summed E-state index contributed by atoms with van der Waals surface area (Å²) in [6, 6.07) is 7.65. The van der Waals surface area contributed by atoms with Crippen LogP contribution in [0.3, 0.4) is 0 Å². The van der Waals surface area contributed by atoms with Crippen LogP contribution < -0.4 is 0 Å². The molecule has 128 valence electrons. The Hall–Kier alpha value is -1.99. The number of hydrogen-bond acceptors (Lipinski definition) is 5. The molecule has 7 heteroatoms. The van der Waals surface area contributed by atoms with E-state index in [1.54, 1.807) is 4.90 Å². The van der Waals surface area contributed by atoms with Gasteiger partial charge in [0.15, 0.2) is 0 Å². The maximum absolute atomic E-state index is 12.6. The first-order valence-corrected chi connectivity index (χ1v) is 8.70. The Bertz CT molecular complexity index is 692. The molecule has 2 atom stereocenters. The number of fused-ring (bicyclic) bond motifs is 1. The lowest BCUT2D eigenvalue weighted by Gasteiger charge is -2.33. The van der Waals surface area contributed by atoms with Gasteiger partial charge in [0.1, 0.15) is 17.6 Å². The van der Waals surface area contributed by atoms with E-state index in [-0.39, 0.29) is 18.5 Å². The van der Waals surface area contributed by atoms with Gasteiger partial charge in [-0.05, 0) is 38.1 Å². The highest BCUT2D eigenvalue weighted by atomic mass is 16.3. The van der Waals surface area contributed by atoms with Crippen molar-refractivity contribution < 1.29 is 9.90 Å². The van der Waals surface area contributed by atoms with E-state index < -0.39 is 6.10 Å². The Morgan fingerprint density at radius 1 is 1.08 bits per heavy atom. The van der Waals surface area contributed by atoms with Crippen molar-refractivity contribution in [1.29, 1.82) is 0 Å². The molecule has 1 N–H and O–H groups in total. The first kappa shape index (κ1) is 15.5. The van der Waals surface area contributed by atoms with Crippen LogP contribution in [0.5, 0.6) is 0 Å². The van der Waals surface area contributed by atoms with Crippen LogP contribution in [0, 0.1) is 0 Å². The summed E-state index contributed by atoms with van der Waals surface area (Å²) in [4.78, 5) is 18.1. The summed E-state index contributed by atoms with van der Waals surface area (Å²) >= 11 is 0. The van der Waals surface area contributed by atoms with E-state index in [2.05, 4.69) is 15.1 Å². The Morgan fingerprint density at radius 3 is 2.42 bits per heavy atom. The van der Waals surface area contributed by atoms with Crippen LogP contribution in [0.4, 0.5) is 0 Å². The molecule has 0 aliphatic carbocycles. The number of amides is 1. The van der Waals surface area contributed by atoms with Crippen molar-refractivity contribution in [1.82, 2.24) is 24.8 Å². The Labute approximate surface area is 140 Å². The molecule has 1 aromatic heterocycles. The van der Waals surface area contributed by atoms with Crippen LogP contribution in [-0.2, 0) is 11.3 Å². The zero-order chi connectivity index (χ0) is 16.5. The number of rotatable bonds is 3. The van der Waals surface area contributed by atoms with Gasteiger partial charge in [0, 0.05) is 13.1 Å². The second-order valence-electron chi connectivity index (χ2n) is 6.75. The maximum Gasteiger partial charge on any atom is 0.246 e. The van der Waals surface area contributed by atoms with Gasteiger partial charge in [-0.3, -0.25) is 9.69 Å². The second kappa shape index (κ2) is 6.49. The molecule has 0 bridgehead atoms. The molecule has 2 aliphatic heterocycles. The molecule has 2 fully saturated rings. The maximum atomic E-state index is 12.6. The lowest BCUT2D eigenvalue weighted by molar-refractivity contribution is -0.131. The van der Waals surface area contributed by atoms with Gasteiger partial charge >= 0.3 is 0 Å². The fraction of sp³-hybridized carbons (Fsp3) is 0.588. The molecular formula is C17H23N5O2. The summed E-state index contributed by atoms with van der Waals surface area (Å²) in [5.74, 6) is -0.0335. The summed E-state index contributed by atoms with van der Waals surface area (Å²) in [5, 5.41) is 19.0. The predicted octanol–water partition coefficient (Wildman–Crippen LogP) is 0.489. The molecule has 0 spiro atoms. The van der Waals surface area contributed by atoms with E-state index >= 15 is 0 Å². The van der Waals surface area contributed by atoms with E-state index in [0.29, 0.717) is 13.1 Å². The Kier molecular flexibility index (Phi) is 4.20. The lowest BCUT2D eigenvalue weighted by Crippen LogP contribution is -2.46. The fourth-order valence-electron chi connectivity index (χ4n) is 3.78. The van der Waals surface area contributed by atoms with Crippen LogP contribution in [-0.4, -0.2) is 74.1 Å². The summed E-state index contributed by atoms with van der Waals surface area (Å²) in [5.41, 5.74) is 1.58. The highest BCUT2D eigenvalue weighted by Gasteiger charge is 2.37. The Balaban J connectivity index is 1.41. The summed E-state index contributed by atoms with van der Waals surface area (Å²) in [7, 11) is 0. The third kappa shape index (κ3) is 3.01. The first-order chi connectivity index (χ1) is 11.7. The molecular weight excluding hydrogens is 306 g/mol. The van der Waals surface area contributed by atoms with Gasteiger partial charge < -0.3 is 10.0 Å². The molecule has 3 heterocycles. The second-order valence-corrected chi connectivity index (χ2v) is 6.75. The van der Waals surface area contributed by atoms with E-state index in [1.807, 2.05) is 24.3 Å². The number of aliphatic hydroxyl groups is 1. The molecule has 4 rings (SSSR count). The van der Waals surface area contributed by atoms with Gasteiger partial charge in [0.2, 0.25) is 5.91 Å². The van der Waals surface area contributed by atoms with Crippen molar-refractivity contribution in [2.24, 2.45) is 0 Å². The third-order valence-corrected chi connectivity index (χ3v) is 5.08. The number of carbonyl (C=O) groups is 1. The average molecular weight is 329 g/mol. The molecule has 24 heavy (non-hydrogen) atoms. The highest BCUT2D eigenvalue weighted by molar-refractivity contribution is 5.77. The number of nitrogens with zero attached hydrogens (tertiary/aromatic N) is 5. The standard InChI is InChI=1S/C17H23N5O2/c23-16-11-21(10-15(16)20-8-4-1-5-9-20)17(24)12-22-18-13-6-2-3-7-14(13)19-22/h2-3,6-7,15-16,23H,1,4-5,8-12H2/t15-,16-/m1/s1. The zero-order valence-corrected chi connectivity index (χ0v) is 13.7. The largest absolute Gasteiger partial charge is 0.390 e. The van der Waals surface area contributed by atoms with Crippen molar-refractivity contribution in [2.75, 3.05) is 26.2 Å². The molecule has 2 aliphatic rings. The van der Waals surface area contributed by atoms with Crippen LogP contribution in [0.2, 0.25) is 0 Å². The summed E-state index contributed by atoms with van der Waals surface area (Å²) in [6.45, 7) is 3.17. The van der Waals surface area contributed by atoms with Crippen molar-refractivity contribution in [3.05, 3.63) is 24.3 Å². The monoisotopic (exact) mass is 329 g/mol. The Morgan fingerprint density at radius 2 is 1.75 bits per heavy atom. The van der Waals surface area contributed by atoms with Crippen molar-refractivity contribution in [3.63, 3.8) is 0 Å². The minimum absolute atomic E-state index is 0.0335. The van der Waals surface area contributed by atoms with Crippen LogP contribution in [0.15, 0.2) is 24.3 Å². The molecule has 7 nitrogen and oxygen atoms in total. The van der Waals surface area contributed by atoms with Crippen molar-refractivity contribution in [3.8, 4) is 0 Å². The minimum atomic E-state index is -0.461. The molecule has 2 saturated heterocycles. The minimum Gasteiger partial charge on any atom is -0.390 e. The third-order valence-electron chi connectivity index (χ3n) is 5.08. The van der Waals surface area contributed by atoms with Gasteiger partial charge in [0.05, 0.1) is 12.1 Å². The average Bonchev–Trinajstić information content (AvgIpc) is 3.18. The van der Waals surface area contributed by atoms with Gasteiger partial charge in [-0.15, -0.1) is 0 Å². The molecule has 0 unspecified atom stereocenters. The quantitative estimate of drug-likeness (QED) is 0.887. The molecule has 1 amide bonds. The smallest absolute Gasteiger partial charge is 0.246 e. The number of hydrogen-bond donors (Lipinski definition) is 1. The SMILES string of the molecule is O=C(Cn1nc2ccccc2n1)N1C[C@@H](O)[C@H](N2CCCCC2)C1. The van der Waals surface area contributed by atoms with Gasteiger partial charge in [-0.1, -0.05) is 18.6 Å². The first-order valence-electron chi connectivity index (χ1n) is 8.70. The highest BCUT2D eigenvalue weighted by Crippen LogP contribution is 2.21. The van der Waals surface area contributed by atoms with Crippen molar-refractivity contribution >= 4 is 16.9 Å². The van der Waals surface area contributed by atoms with E-state index in [4.69, 9.17) is 0 Å². The van der Waals surface area contributed by atoms with Crippen LogP contribution in [0.1, 0.15) is 19.3 Å². The molecule has 0 saturated carbocycles. The number of aliphatic hydroxyl groups excluding tert-OH is 1. The number of piperidine rings is 1. The summed E-state index contributed by atoms with van der Waals surface area (Å²) < 4.78 is 0. The number of likely N-dealkylation sites (tertiary alicyclic amines) is 2. The summed E-state index contributed by atoms with van der Waals surface area (Å²) in [6.07, 6.45) is 3.17. The zero-order valence-electron chi connectivity index (χ0n) is 13.7. The number of carbonyl (C=O) groups excluding carboxylic acids is 1. The van der Waals surface area contributed by atoms with Crippen LogP contribution in [0.25, 0.3) is 11.0 Å². The topological polar surface area (TPSA) is 74.5 Å². The molecule has 1 aromatic carbocycles. The number of β-amino-alcohol motifs (C(OH)–C–C–N with tert-alkyl or cyclic N) is 1. The number of benzene rings is 1. The van der Waals surface area contributed by atoms with E-state index in [9.17, 15) is 9.90 Å². The lowest BCUT2D eigenvalue weighted by atomic mass is 10.1. The van der Waals surface area contributed by atoms with Crippen molar-refractivity contribution in [2.45, 2.75) is 38.0 Å². The van der Waals surface area contributed by atoms with Crippen LogP contribution >= 0.6 is 0 Å². The van der Waals surface area contributed by atoms with Gasteiger partial charge in [0.25, 0.3) is 0 Å². The van der Waals surface area contributed by atoms with E-state index in [1.165, 1.54) is 24.1 Å². The fourth-order valence-corrected chi connectivity index (χ4v) is 3.78. The van der Waals surface area contributed by atoms with Gasteiger partial charge in [-0.25, -0.2) is 0 Å². The number of aromatic nitrogens is 3.